The van der Waals surface area contributed by atoms with Gasteiger partial charge in [-0.25, -0.2) is 4.57 Å². The van der Waals surface area contributed by atoms with E-state index in [4.69, 9.17) is 23.3 Å². The number of hydrogen-bond donors (Lipinski definition) is 2. The molecule has 3 atom stereocenters. The molecule has 0 bridgehead atoms. The Labute approximate surface area is 453 Å². The molecule has 0 fully saturated rings. The van der Waals surface area contributed by atoms with Crippen molar-refractivity contribution in [2.45, 2.75) is 290 Å². The van der Waals surface area contributed by atoms with Crippen molar-refractivity contribution in [2.75, 3.05) is 26.4 Å². The van der Waals surface area contributed by atoms with E-state index in [1.165, 1.54) is 109 Å². The molecule has 0 aliphatic heterocycles. The number of esters is 3. The van der Waals surface area contributed by atoms with Crippen LogP contribution in [0.1, 0.15) is 278 Å². The molecular formula is C62H111O11P. The number of carbonyl (C=O) groups is 3. The molecule has 2 N–H and O–H groups in total. The molecule has 0 saturated heterocycles. The van der Waals surface area contributed by atoms with Crippen molar-refractivity contribution in [1.29, 1.82) is 0 Å². The SMILES string of the molecule is CCCCC/C=C\C/C=C\C/C=C\CCCCCCCCC(=O)OC(COC(=O)CCCCCCCCCCCCC)COP(=O)(O)OCC(CO)OC(=O)CCCCCCCCC/C=C\C/C=C\CCCCC. The molecule has 0 aliphatic rings. The van der Waals surface area contributed by atoms with Gasteiger partial charge in [-0.1, -0.05) is 229 Å². The molecular weight excluding hydrogens is 952 g/mol. The third kappa shape index (κ3) is 54.0. The van der Waals surface area contributed by atoms with Crippen molar-refractivity contribution in [2.24, 2.45) is 0 Å². The van der Waals surface area contributed by atoms with Crippen molar-refractivity contribution in [1.82, 2.24) is 0 Å². The first-order valence-electron chi connectivity index (χ1n) is 30.2. The second-order valence-corrected chi connectivity index (χ2v) is 21.6. The monoisotopic (exact) mass is 1060 g/mol. The van der Waals surface area contributed by atoms with Gasteiger partial charge in [0.1, 0.15) is 12.7 Å². The topological polar surface area (TPSA) is 155 Å². The number of rotatable bonds is 56. The molecule has 0 saturated carbocycles. The van der Waals surface area contributed by atoms with Crippen LogP contribution in [-0.4, -0.2) is 66.5 Å². The molecule has 0 aromatic heterocycles. The molecule has 3 unspecified atom stereocenters. The van der Waals surface area contributed by atoms with E-state index in [-0.39, 0.29) is 25.9 Å². The molecule has 0 spiro atoms. The minimum Gasteiger partial charge on any atom is -0.462 e. The molecule has 0 aliphatic carbocycles. The highest BCUT2D eigenvalue weighted by Gasteiger charge is 2.28. The van der Waals surface area contributed by atoms with Crippen molar-refractivity contribution < 1.29 is 52.2 Å². The Morgan fingerprint density at radius 3 is 1.04 bits per heavy atom. The van der Waals surface area contributed by atoms with E-state index in [1.54, 1.807) is 0 Å². The first-order chi connectivity index (χ1) is 36.2. The summed E-state index contributed by atoms with van der Waals surface area (Å²) in [5, 5.41) is 9.83. The highest BCUT2D eigenvalue weighted by molar-refractivity contribution is 7.47. The van der Waals surface area contributed by atoms with Crippen LogP contribution in [0.4, 0.5) is 0 Å². The molecule has 12 heteroatoms. The summed E-state index contributed by atoms with van der Waals surface area (Å²) in [5.74, 6) is -1.48. The van der Waals surface area contributed by atoms with Crippen molar-refractivity contribution in [3.63, 3.8) is 0 Å². The third-order valence-electron chi connectivity index (χ3n) is 12.9. The minimum atomic E-state index is -4.75. The number of allylic oxidation sites excluding steroid dienone is 10. The van der Waals surface area contributed by atoms with E-state index in [2.05, 4.69) is 81.5 Å². The van der Waals surface area contributed by atoms with Crippen LogP contribution < -0.4 is 0 Å². The Hall–Kier alpha value is -2.82. The zero-order valence-corrected chi connectivity index (χ0v) is 48.5. The molecule has 0 rings (SSSR count). The third-order valence-corrected chi connectivity index (χ3v) is 13.9. The van der Waals surface area contributed by atoms with Gasteiger partial charge in [0.25, 0.3) is 0 Å². The summed E-state index contributed by atoms with van der Waals surface area (Å²) in [5.41, 5.74) is 0. The Bertz CT molecular complexity index is 1470. The van der Waals surface area contributed by atoms with E-state index < -0.39 is 57.8 Å². The van der Waals surface area contributed by atoms with Gasteiger partial charge in [-0.15, -0.1) is 0 Å². The Balaban J connectivity index is 4.68. The van der Waals surface area contributed by atoms with E-state index in [0.717, 1.165) is 109 Å². The minimum absolute atomic E-state index is 0.154. The number of hydrogen-bond acceptors (Lipinski definition) is 10. The fraction of sp³-hybridized carbons (Fsp3) is 0.790. The molecule has 0 aromatic carbocycles. The number of carbonyl (C=O) groups excluding carboxylic acids is 3. The maximum atomic E-state index is 12.9. The average molecular weight is 1060 g/mol. The zero-order chi connectivity index (χ0) is 54.1. The van der Waals surface area contributed by atoms with Crippen molar-refractivity contribution in [3.8, 4) is 0 Å². The predicted octanol–water partition coefficient (Wildman–Crippen LogP) is 17.9. The normalized spacial score (nSPS) is 13.7. The van der Waals surface area contributed by atoms with Gasteiger partial charge in [0.05, 0.1) is 19.8 Å². The summed E-state index contributed by atoms with van der Waals surface area (Å²) in [4.78, 5) is 48.6. The number of unbranched alkanes of at least 4 members (excludes halogenated alkanes) is 29. The van der Waals surface area contributed by atoms with E-state index in [9.17, 15) is 28.9 Å². The maximum absolute atomic E-state index is 12.9. The van der Waals surface area contributed by atoms with Crippen LogP contribution >= 0.6 is 7.82 Å². The van der Waals surface area contributed by atoms with Gasteiger partial charge < -0.3 is 24.2 Å². The number of ether oxygens (including phenoxy) is 3. The molecule has 0 aromatic rings. The van der Waals surface area contributed by atoms with Crippen LogP contribution in [-0.2, 0) is 42.2 Å². The molecule has 74 heavy (non-hydrogen) atoms. The van der Waals surface area contributed by atoms with Gasteiger partial charge in [0.15, 0.2) is 6.10 Å². The lowest BCUT2D eigenvalue weighted by atomic mass is 10.1. The van der Waals surface area contributed by atoms with Crippen LogP contribution in [0.3, 0.4) is 0 Å². The average Bonchev–Trinajstić information content (AvgIpc) is 3.39. The first-order valence-corrected chi connectivity index (χ1v) is 31.7. The van der Waals surface area contributed by atoms with Gasteiger partial charge in [0.2, 0.25) is 0 Å². The first kappa shape index (κ1) is 71.2. The Morgan fingerprint density at radius 2 is 0.662 bits per heavy atom. The van der Waals surface area contributed by atoms with Crippen molar-refractivity contribution >= 4 is 25.7 Å². The van der Waals surface area contributed by atoms with Crippen LogP contribution in [0.5, 0.6) is 0 Å². The second kappa shape index (κ2) is 56.4. The number of aliphatic hydroxyl groups is 1. The van der Waals surface area contributed by atoms with Crippen molar-refractivity contribution in [3.05, 3.63) is 60.8 Å². The Morgan fingerprint density at radius 1 is 0.378 bits per heavy atom. The Kier molecular flexibility index (Phi) is 54.2. The van der Waals surface area contributed by atoms with Crippen LogP contribution in [0.2, 0.25) is 0 Å². The van der Waals surface area contributed by atoms with Gasteiger partial charge in [-0.3, -0.25) is 23.4 Å². The van der Waals surface area contributed by atoms with Gasteiger partial charge >= 0.3 is 25.7 Å². The quantitative estimate of drug-likeness (QED) is 0.0197. The molecule has 11 nitrogen and oxygen atoms in total. The summed E-state index contributed by atoms with van der Waals surface area (Å²) < 4.78 is 39.5. The maximum Gasteiger partial charge on any atom is 0.472 e. The highest BCUT2D eigenvalue weighted by Crippen LogP contribution is 2.43. The fourth-order valence-corrected chi connectivity index (χ4v) is 9.06. The lowest BCUT2D eigenvalue weighted by molar-refractivity contribution is -0.161. The predicted molar refractivity (Wildman–Crippen MR) is 307 cm³/mol. The summed E-state index contributed by atoms with van der Waals surface area (Å²) in [6.45, 7) is 4.59. The van der Waals surface area contributed by atoms with Gasteiger partial charge in [-0.05, 0) is 89.9 Å². The summed E-state index contributed by atoms with van der Waals surface area (Å²) in [6.07, 6.45) is 61.7. The number of aliphatic hydroxyl groups excluding tert-OH is 1. The van der Waals surface area contributed by atoms with Gasteiger partial charge in [0, 0.05) is 19.3 Å². The smallest absolute Gasteiger partial charge is 0.462 e. The highest BCUT2D eigenvalue weighted by atomic mass is 31.2. The zero-order valence-electron chi connectivity index (χ0n) is 47.6. The van der Waals surface area contributed by atoms with Crippen LogP contribution in [0.15, 0.2) is 60.8 Å². The second-order valence-electron chi connectivity index (χ2n) is 20.2. The van der Waals surface area contributed by atoms with Crippen LogP contribution in [0, 0.1) is 0 Å². The standard InChI is InChI=1S/C62H111O11P/c1-4-7-10-13-16-19-22-24-26-28-29-31-33-35-38-41-44-47-50-53-62(66)73-59(55-69-60(64)51-48-45-42-39-36-21-18-15-12-9-6-3)57-71-74(67,68)70-56-58(54-63)72-61(65)52-49-46-43-40-37-34-32-30-27-25-23-20-17-14-11-8-5-2/h16-17,19-20,24-27,29,31,58-59,63H,4-15,18,21-23,28,30,32-57H2,1-3H3,(H,67,68)/b19-16-,20-17-,26-24-,27-25-,31-29-. The summed E-state index contributed by atoms with van der Waals surface area (Å²) in [6, 6.07) is 0. The summed E-state index contributed by atoms with van der Waals surface area (Å²) in [7, 11) is -4.75. The molecule has 430 valence electrons. The number of phosphoric acid groups is 1. The lowest BCUT2D eigenvalue weighted by Gasteiger charge is -2.21. The molecule has 0 amide bonds. The van der Waals surface area contributed by atoms with Gasteiger partial charge in [-0.2, -0.15) is 0 Å². The van der Waals surface area contributed by atoms with E-state index in [0.29, 0.717) is 19.3 Å². The fourth-order valence-electron chi connectivity index (χ4n) is 8.28. The molecule has 0 heterocycles. The van der Waals surface area contributed by atoms with Crippen LogP contribution in [0.25, 0.3) is 0 Å². The number of phosphoric ester groups is 1. The van der Waals surface area contributed by atoms with E-state index >= 15 is 0 Å². The van der Waals surface area contributed by atoms with E-state index in [1.807, 2.05) is 0 Å². The summed E-state index contributed by atoms with van der Waals surface area (Å²) >= 11 is 0. The largest absolute Gasteiger partial charge is 0.472 e. The molecule has 0 radical (unpaired) electrons. The lowest BCUT2D eigenvalue weighted by Crippen LogP contribution is -2.30.